The monoisotopic (exact) mass is 297 g/mol. The fourth-order valence-corrected chi connectivity index (χ4v) is 2.64. The standard InChI is InChI=1S/C11H8ClN3O3S/c1-7-4-11(18-14-7)15-19(16,17)9-3-2-8(6-13)10(12)5-9/h2-5,15H,1H3. The number of nitriles is 1. The quantitative estimate of drug-likeness (QED) is 0.937. The number of hydrogen-bond acceptors (Lipinski definition) is 5. The first kappa shape index (κ1) is 13.4. The molecular formula is C11H8ClN3O3S. The number of hydrogen-bond donors (Lipinski definition) is 1. The summed E-state index contributed by atoms with van der Waals surface area (Å²) in [5.41, 5.74) is 0.756. The molecule has 0 unspecified atom stereocenters. The van der Waals surface area contributed by atoms with Gasteiger partial charge in [0.1, 0.15) is 6.07 Å². The van der Waals surface area contributed by atoms with Gasteiger partial charge in [-0.1, -0.05) is 16.8 Å². The van der Waals surface area contributed by atoms with E-state index in [9.17, 15) is 8.42 Å². The molecule has 0 radical (unpaired) electrons. The molecule has 0 aliphatic heterocycles. The number of sulfonamides is 1. The van der Waals surface area contributed by atoms with Gasteiger partial charge in [-0.15, -0.1) is 0 Å². The largest absolute Gasteiger partial charge is 0.338 e. The number of aromatic nitrogens is 1. The van der Waals surface area contributed by atoms with E-state index in [1.165, 1.54) is 24.3 Å². The summed E-state index contributed by atoms with van der Waals surface area (Å²) < 4.78 is 31.0. The maximum absolute atomic E-state index is 12.0. The van der Waals surface area contributed by atoms with Crippen molar-refractivity contribution in [1.29, 1.82) is 5.26 Å². The summed E-state index contributed by atoms with van der Waals surface area (Å²) in [7, 11) is -3.83. The highest BCUT2D eigenvalue weighted by atomic mass is 35.5. The first-order valence-corrected chi connectivity index (χ1v) is 6.94. The molecule has 6 nitrogen and oxygen atoms in total. The van der Waals surface area contributed by atoms with Crippen molar-refractivity contribution in [3.8, 4) is 6.07 Å². The van der Waals surface area contributed by atoms with Gasteiger partial charge in [-0.2, -0.15) is 5.26 Å². The maximum atomic E-state index is 12.0. The Morgan fingerprint density at radius 2 is 2.16 bits per heavy atom. The van der Waals surface area contributed by atoms with Gasteiger partial charge in [-0.3, -0.25) is 0 Å². The minimum atomic E-state index is -3.83. The third-order valence-electron chi connectivity index (χ3n) is 2.23. The molecule has 8 heteroatoms. The third kappa shape index (κ3) is 2.86. The zero-order valence-corrected chi connectivity index (χ0v) is 11.3. The topological polar surface area (TPSA) is 96.0 Å². The van der Waals surface area contributed by atoms with E-state index in [0.29, 0.717) is 5.69 Å². The molecule has 0 aliphatic rings. The molecule has 19 heavy (non-hydrogen) atoms. The van der Waals surface area contributed by atoms with E-state index in [-0.39, 0.29) is 21.4 Å². The fraction of sp³-hybridized carbons (Fsp3) is 0.0909. The van der Waals surface area contributed by atoms with E-state index in [0.717, 1.165) is 0 Å². The molecule has 0 aliphatic carbocycles. The molecule has 1 aromatic heterocycles. The summed E-state index contributed by atoms with van der Waals surface area (Å²) in [6.45, 7) is 1.67. The van der Waals surface area contributed by atoms with Crippen LogP contribution in [0.3, 0.4) is 0 Å². The molecule has 1 aromatic carbocycles. The van der Waals surface area contributed by atoms with Crippen LogP contribution >= 0.6 is 11.6 Å². The van der Waals surface area contributed by atoms with Crippen LogP contribution < -0.4 is 4.72 Å². The lowest BCUT2D eigenvalue weighted by Gasteiger charge is -2.05. The van der Waals surface area contributed by atoms with Gasteiger partial charge < -0.3 is 4.52 Å². The van der Waals surface area contributed by atoms with Crippen molar-refractivity contribution in [2.24, 2.45) is 0 Å². The highest BCUT2D eigenvalue weighted by molar-refractivity contribution is 7.92. The number of benzene rings is 1. The van der Waals surface area contributed by atoms with E-state index >= 15 is 0 Å². The molecule has 2 rings (SSSR count). The van der Waals surface area contributed by atoms with Gasteiger partial charge in [0.15, 0.2) is 0 Å². The van der Waals surface area contributed by atoms with Crippen LogP contribution in [-0.4, -0.2) is 13.6 Å². The van der Waals surface area contributed by atoms with Gasteiger partial charge in [0.25, 0.3) is 10.0 Å². The second-order valence-electron chi connectivity index (χ2n) is 3.69. The van der Waals surface area contributed by atoms with Crippen LogP contribution in [0.2, 0.25) is 5.02 Å². The van der Waals surface area contributed by atoms with Gasteiger partial charge in [-0.25, -0.2) is 13.1 Å². The summed E-state index contributed by atoms with van der Waals surface area (Å²) in [6.07, 6.45) is 0. The van der Waals surface area contributed by atoms with Gasteiger partial charge in [0, 0.05) is 6.07 Å². The van der Waals surface area contributed by atoms with Crippen molar-refractivity contribution in [2.75, 3.05) is 4.72 Å². The molecule has 0 saturated carbocycles. The van der Waals surface area contributed by atoms with Gasteiger partial charge >= 0.3 is 0 Å². The third-order valence-corrected chi connectivity index (χ3v) is 3.89. The second-order valence-corrected chi connectivity index (χ2v) is 5.78. The van der Waals surface area contributed by atoms with Crippen molar-refractivity contribution < 1.29 is 12.9 Å². The Labute approximate surface area is 114 Å². The Morgan fingerprint density at radius 3 is 2.68 bits per heavy atom. The molecule has 2 aromatic rings. The number of nitrogens with one attached hydrogen (secondary N) is 1. The van der Waals surface area contributed by atoms with Crippen molar-refractivity contribution in [3.63, 3.8) is 0 Å². The van der Waals surface area contributed by atoms with Crippen LogP contribution in [-0.2, 0) is 10.0 Å². The van der Waals surface area contributed by atoms with Gasteiger partial charge in [0.2, 0.25) is 5.88 Å². The Hall–Kier alpha value is -2.04. The lowest BCUT2D eigenvalue weighted by atomic mass is 10.2. The second kappa shape index (κ2) is 4.91. The van der Waals surface area contributed by atoms with Gasteiger partial charge in [0.05, 0.1) is 21.2 Å². The number of rotatable bonds is 3. The van der Waals surface area contributed by atoms with E-state index in [4.69, 9.17) is 21.4 Å². The minimum absolute atomic E-state index is 0.0120. The highest BCUT2D eigenvalue weighted by Gasteiger charge is 2.17. The van der Waals surface area contributed by atoms with E-state index in [2.05, 4.69) is 9.88 Å². The maximum Gasteiger partial charge on any atom is 0.264 e. The predicted molar refractivity (Wildman–Crippen MR) is 68.2 cm³/mol. The Balaban J connectivity index is 2.35. The summed E-state index contributed by atoms with van der Waals surface area (Å²) in [5, 5.41) is 12.4. The average Bonchev–Trinajstić information content (AvgIpc) is 2.73. The molecule has 98 valence electrons. The predicted octanol–water partition coefficient (Wildman–Crippen LogP) is 2.31. The number of nitrogens with zero attached hydrogens (tertiary/aromatic N) is 2. The smallest absolute Gasteiger partial charge is 0.264 e. The molecule has 1 heterocycles. The van der Waals surface area contributed by atoms with E-state index in [1.807, 2.05) is 6.07 Å². The average molecular weight is 298 g/mol. The zero-order chi connectivity index (χ0) is 14.0. The van der Waals surface area contributed by atoms with Crippen LogP contribution in [0.5, 0.6) is 0 Å². The first-order chi connectivity index (χ1) is 8.92. The summed E-state index contributed by atoms with van der Waals surface area (Å²) in [4.78, 5) is -0.0643. The zero-order valence-electron chi connectivity index (χ0n) is 9.71. The molecule has 0 bridgehead atoms. The SMILES string of the molecule is Cc1cc(NS(=O)(=O)c2ccc(C#N)c(Cl)c2)on1. The summed E-state index contributed by atoms with van der Waals surface area (Å²) in [5.74, 6) is 0.0120. The van der Waals surface area contributed by atoms with Crippen LogP contribution in [0.25, 0.3) is 0 Å². The number of anilines is 1. The normalized spacial score (nSPS) is 11.0. The summed E-state index contributed by atoms with van der Waals surface area (Å²) in [6, 6.07) is 7.12. The van der Waals surface area contributed by atoms with Crippen LogP contribution in [0.15, 0.2) is 33.7 Å². The highest BCUT2D eigenvalue weighted by Crippen LogP contribution is 2.22. The van der Waals surface area contributed by atoms with E-state index < -0.39 is 10.0 Å². The molecule has 1 N–H and O–H groups in total. The molecule has 0 amide bonds. The van der Waals surface area contributed by atoms with Crippen LogP contribution in [0.1, 0.15) is 11.3 Å². The van der Waals surface area contributed by atoms with Crippen LogP contribution in [0, 0.1) is 18.3 Å². The minimum Gasteiger partial charge on any atom is -0.338 e. The van der Waals surface area contributed by atoms with Crippen LogP contribution in [0.4, 0.5) is 5.88 Å². The van der Waals surface area contributed by atoms with Gasteiger partial charge in [-0.05, 0) is 25.1 Å². The van der Waals surface area contributed by atoms with Crippen molar-refractivity contribution in [3.05, 3.63) is 40.5 Å². The van der Waals surface area contributed by atoms with Crippen molar-refractivity contribution >= 4 is 27.5 Å². The van der Waals surface area contributed by atoms with Crippen molar-refractivity contribution in [1.82, 2.24) is 5.16 Å². The molecule has 0 fully saturated rings. The Morgan fingerprint density at radius 1 is 1.42 bits per heavy atom. The number of halogens is 1. The lowest BCUT2D eigenvalue weighted by molar-refractivity contribution is 0.430. The molecular weight excluding hydrogens is 290 g/mol. The lowest BCUT2D eigenvalue weighted by Crippen LogP contribution is -2.12. The van der Waals surface area contributed by atoms with E-state index in [1.54, 1.807) is 6.92 Å². The number of aryl methyl sites for hydroxylation is 1. The fourth-order valence-electron chi connectivity index (χ4n) is 1.36. The molecule has 0 atom stereocenters. The summed E-state index contributed by atoms with van der Waals surface area (Å²) >= 11 is 5.79. The molecule has 0 saturated heterocycles. The first-order valence-electron chi connectivity index (χ1n) is 5.08. The molecule has 0 spiro atoms. The van der Waals surface area contributed by atoms with Crippen molar-refractivity contribution in [2.45, 2.75) is 11.8 Å². The Kier molecular flexibility index (Phi) is 3.46. The Bertz CT molecular complexity index is 762.